The molecule has 8 aromatic carbocycles. The molecule has 0 aliphatic carbocycles. The van der Waals surface area contributed by atoms with Crippen LogP contribution in [-0.2, 0) is 0 Å². The van der Waals surface area contributed by atoms with Gasteiger partial charge in [-0.25, -0.2) is 0 Å². The van der Waals surface area contributed by atoms with E-state index in [1.807, 2.05) is 0 Å². The van der Waals surface area contributed by atoms with E-state index in [4.69, 9.17) is 0 Å². The maximum atomic E-state index is 2.43. The van der Waals surface area contributed by atoms with E-state index in [1.165, 1.54) is 38.6 Å². The van der Waals surface area contributed by atoms with Crippen molar-refractivity contribution in [2.24, 2.45) is 0 Å². The van der Waals surface area contributed by atoms with Gasteiger partial charge < -0.3 is 9.80 Å². The van der Waals surface area contributed by atoms with Gasteiger partial charge in [-0.3, -0.25) is 0 Å². The molecule has 8 aromatic rings. The van der Waals surface area contributed by atoms with Crippen LogP contribution >= 0.6 is 0 Å². The molecule has 0 unspecified atom stereocenters. The Kier molecular flexibility index (Phi) is 8.00. The highest BCUT2D eigenvalue weighted by Gasteiger charge is 2.33. The topological polar surface area (TPSA) is 6.48 Å². The second kappa shape index (κ2) is 13.4. The SMILES string of the molecule is c1ccc(B2c3cc(N(c4ccccc4)c4ccccc4)ccc3-c3ccccc3-c3ccc(N(c4ccccc4)c4ccccc4)cc32)cc1. The second-order valence-electron chi connectivity index (χ2n) is 12.9. The zero-order chi connectivity index (χ0) is 34.0. The third kappa shape index (κ3) is 5.69. The highest BCUT2D eigenvalue weighted by molar-refractivity contribution is 6.97. The summed E-state index contributed by atoms with van der Waals surface area (Å²) in [6, 6.07) is 76.7. The van der Waals surface area contributed by atoms with Gasteiger partial charge in [-0.15, -0.1) is 0 Å². The van der Waals surface area contributed by atoms with Gasteiger partial charge in [0, 0.05) is 34.1 Å². The minimum Gasteiger partial charge on any atom is -0.311 e. The molecule has 1 aliphatic heterocycles. The van der Waals surface area contributed by atoms with Crippen molar-refractivity contribution in [2.75, 3.05) is 9.80 Å². The monoisotopic (exact) mass is 650 g/mol. The van der Waals surface area contributed by atoms with Crippen molar-refractivity contribution in [3.8, 4) is 22.3 Å². The molecule has 0 bridgehead atoms. The Balaban J connectivity index is 1.32. The summed E-state index contributed by atoms with van der Waals surface area (Å²) in [4.78, 5) is 4.73. The van der Waals surface area contributed by atoms with Gasteiger partial charge >= 0.3 is 0 Å². The molecule has 9 rings (SSSR count). The number of para-hydroxylation sites is 4. The van der Waals surface area contributed by atoms with Crippen molar-refractivity contribution in [1.82, 2.24) is 0 Å². The van der Waals surface area contributed by atoms with E-state index in [2.05, 4.69) is 222 Å². The molecule has 0 saturated heterocycles. The number of anilines is 6. The number of hydrogen-bond acceptors (Lipinski definition) is 2. The van der Waals surface area contributed by atoms with E-state index in [1.54, 1.807) is 0 Å². The minimum absolute atomic E-state index is 0.0229. The van der Waals surface area contributed by atoms with E-state index in [0.717, 1.165) is 34.1 Å². The summed E-state index contributed by atoms with van der Waals surface area (Å²) in [6.07, 6.45) is 0. The summed E-state index contributed by atoms with van der Waals surface area (Å²) in [7, 11) is 0. The van der Waals surface area contributed by atoms with Crippen molar-refractivity contribution >= 4 is 57.2 Å². The zero-order valence-corrected chi connectivity index (χ0v) is 28.2. The van der Waals surface area contributed by atoms with Crippen LogP contribution in [0.1, 0.15) is 0 Å². The Labute approximate surface area is 300 Å². The summed E-state index contributed by atoms with van der Waals surface area (Å²) in [5, 5.41) is 0. The van der Waals surface area contributed by atoms with E-state index in [0.29, 0.717) is 0 Å². The molecular weight excluding hydrogens is 615 g/mol. The smallest absolute Gasteiger partial charge is 0.243 e. The fraction of sp³-hybridized carbons (Fsp3) is 0. The fourth-order valence-electron chi connectivity index (χ4n) is 7.67. The van der Waals surface area contributed by atoms with E-state index in [9.17, 15) is 0 Å². The maximum absolute atomic E-state index is 2.43. The molecule has 0 N–H and O–H groups in total. The van der Waals surface area contributed by atoms with Crippen LogP contribution in [0, 0.1) is 0 Å². The largest absolute Gasteiger partial charge is 0.311 e. The van der Waals surface area contributed by atoms with Crippen molar-refractivity contribution in [3.05, 3.63) is 212 Å². The number of rotatable bonds is 7. The summed E-state index contributed by atoms with van der Waals surface area (Å²) < 4.78 is 0. The number of benzene rings is 8. The van der Waals surface area contributed by atoms with Gasteiger partial charge in [0.1, 0.15) is 0 Å². The van der Waals surface area contributed by atoms with Crippen molar-refractivity contribution in [3.63, 3.8) is 0 Å². The summed E-state index contributed by atoms with van der Waals surface area (Å²) in [5.74, 6) is 0. The third-order valence-electron chi connectivity index (χ3n) is 9.91. The summed E-state index contributed by atoms with van der Waals surface area (Å²) in [5.41, 5.74) is 15.6. The Morgan fingerprint density at radius 1 is 0.255 bits per heavy atom. The quantitative estimate of drug-likeness (QED) is 0.158. The molecule has 1 aliphatic rings. The number of nitrogens with zero attached hydrogens (tertiary/aromatic N) is 2. The Hall–Kier alpha value is -6.58. The predicted octanol–water partition coefficient (Wildman–Crippen LogP) is 10.8. The van der Waals surface area contributed by atoms with Gasteiger partial charge in [0.2, 0.25) is 6.71 Å². The van der Waals surface area contributed by atoms with E-state index >= 15 is 0 Å². The van der Waals surface area contributed by atoms with Crippen LogP contribution in [0.15, 0.2) is 212 Å². The standard InChI is InChI=1S/C48H35BN2/c1-6-18-36(19-7-1)49-47-34-41(50(37-20-8-2-9-21-37)38-22-10-3-11-23-38)30-32-45(47)43-28-16-17-29-44(43)46-33-31-42(35-48(46)49)51(39-24-12-4-13-25-39)40-26-14-5-15-27-40/h1-35H. The molecule has 0 fully saturated rings. The second-order valence-corrected chi connectivity index (χ2v) is 12.9. The van der Waals surface area contributed by atoms with Crippen molar-refractivity contribution in [2.45, 2.75) is 0 Å². The van der Waals surface area contributed by atoms with Crippen molar-refractivity contribution < 1.29 is 0 Å². The summed E-state index contributed by atoms with van der Waals surface area (Å²) >= 11 is 0. The molecule has 0 aromatic heterocycles. The average Bonchev–Trinajstić information content (AvgIpc) is 3.32. The normalized spacial score (nSPS) is 11.5. The number of hydrogen-bond donors (Lipinski definition) is 0. The van der Waals surface area contributed by atoms with Gasteiger partial charge in [-0.2, -0.15) is 0 Å². The van der Waals surface area contributed by atoms with Crippen LogP contribution in [-0.4, -0.2) is 6.71 Å². The highest BCUT2D eigenvalue weighted by Crippen LogP contribution is 2.40. The third-order valence-corrected chi connectivity index (χ3v) is 9.91. The highest BCUT2D eigenvalue weighted by atomic mass is 15.1. The molecule has 240 valence electrons. The molecule has 0 radical (unpaired) electrons. The molecule has 2 nitrogen and oxygen atoms in total. The van der Waals surface area contributed by atoms with Gasteiger partial charge in [-0.05, 0) is 95.1 Å². The van der Waals surface area contributed by atoms with Gasteiger partial charge in [0.15, 0.2) is 0 Å². The van der Waals surface area contributed by atoms with Crippen LogP contribution in [0.5, 0.6) is 0 Å². The van der Waals surface area contributed by atoms with Crippen LogP contribution in [0.25, 0.3) is 22.3 Å². The lowest BCUT2D eigenvalue weighted by Crippen LogP contribution is -2.52. The lowest BCUT2D eigenvalue weighted by Gasteiger charge is -2.28. The van der Waals surface area contributed by atoms with Crippen LogP contribution in [0.2, 0.25) is 0 Å². The van der Waals surface area contributed by atoms with Gasteiger partial charge in [0.25, 0.3) is 0 Å². The number of fused-ring (bicyclic) bond motifs is 5. The zero-order valence-electron chi connectivity index (χ0n) is 28.2. The van der Waals surface area contributed by atoms with Crippen molar-refractivity contribution in [1.29, 1.82) is 0 Å². The molecular formula is C48H35BN2. The lowest BCUT2D eigenvalue weighted by atomic mass is 9.35. The maximum Gasteiger partial charge on any atom is 0.243 e. The van der Waals surface area contributed by atoms with E-state index < -0.39 is 0 Å². The molecule has 51 heavy (non-hydrogen) atoms. The molecule has 1 heterocycles. The van der Waals surface area contributed by atoms with Gasteiger partial charge in [0.05, 0.1) is 0 Å². The molecule has 0 atom stereocenters. The molecule has 3 heteroatoms. The average molecular weight is 651 g/mol. The van der Waals surface area contributed by atoms with Crippen LogP contribution in [0.3, 0.4) is 0 Å². The Morgan fingerprint density at radius 3 is 0.922 bits per heavy atom. The summed E-state index contributed by atoms with van der Waals surface area (Å²) in [6.45, 7) is -0.0229. The van der Waals surface area contributed by atoms with Gasteiger partial charge in [-0.1, -0.05) is 156 Å². The first kappa shape index (κ1) is 30.5. The molecule has 0 amide bonds. The Morgan fingerprint density at radius 2 is 0.569 bits per heavy atom. The fourth-order valence-corrected chi connectivity index (χ4v) is 7.67. The molecule has 0 spiro atoms. The first-order valence-corrected chi connectivity index (χ1v) is 17.6. The Bertz CT molecular complexity index is 2180. The first-order valence-electron chi connectivity index (χ1n) is 17.6. The molecule has 0 saturated carbocycles. The lowest BCUT2D eigenvalue weighted by molar-refractivity contribution is 1.29. The minimum atomic E-state index is -0.0229. The van der Waals surface area contributed by atoms with E-state index in [-0.39, 0.29) is 6.71 Å². The predicted molar refractivity (Wildman–Crippen MR) is 218 cm³/mol. The van der Waals surface area contributed by atoms with Crippen LogP contribution in [0.4, 0.5) is 34.1 Å². The first-order chi connectivity index (χ1) is 25.3. The van der Waals surface area contributed by atoms with Crippen LogP contribution < -0.4 is 26.2 Å².